The molecule has 0 heterocycles. The molecule has 0 aliphatic carbocycles. The van der Waals surface area contributed by atoms with Gasteiger partial charge >= 0.3 is 11.9 Å². The second-order valence-electron chi connectivity index (χ2n) is 5.39. The van der Waals surface area contributed by atoms with Gasteiger partial charge < -0.3 is 9.84 Å². The quantitative estimate of drug-likeness (QED) is 0.426. The number of alkyl halides is 1. The van der Waals surface area contributed by atoms with E-state index in [-0.39, 0.29) is 6.10 Å². The highest BCUT2D eigenvalue weighted by Crippen LogP contribution is 2.34. The molecule has 0 amide bonds. The van der Waals surface area contributed by atoms with Gasteiger partial charge in [-0.15, -0.1) is 0 Å². The van der Waals surface area contributed by atoms with E-state index >= 15 is 0 Å². The van der Waals surface area contributed by atoms with Gasteiger partial charge in [0.1, 0.15) is 0 Å². The topological polar surface area (TPSA) is 63.6 Å². The lowest BCUT2D eigenvalue weighted by Crippen LogP contribution is -2.40. The van der Waals surface area contributed by atoms with Gasteiger partial charge in [-0.2, -0.15) is 0 Å². The Bertz CT molecular complexity index is 529. The fraction of sp³-hybridized carbons (Fsp3) is 0.529. The van der Waals surface area contributed by atoms with Gasteiger partial charge in [0.15, 0.2) is 0 Å². The van der Waals surface area contributed by atoms with Crippen molar-refractivity contribution in [2.75, 3.05) is 0 Å². The third kappa shape index (κ3) is 4.32. The molecular formula is C17H23BrO4. The van der Waals surface area contributed by atoms with Crippen LogP contribution in [0.1, 0.15) is 51.2 Å². The Morgan fingerprint density at radius 3 is 2.59 bits per heavy atom. The SMILES string of the molecule is CCCCc1cccc(C(Br)(C(=O)O)C(=O)OC(C)CC)c1. The number of hydrogen-bond donors (Lipinski definition) is 1. The predicted molar refractivity (Wildman–Crippen MR) is 89.1 cm³/mol. The predicted octanol–water partition coefficient (Wildman–Crippen LogP) is 4.05. The van der Waals surface area contributed by atoms with E-state index in [1.54, 1.807) is 25.1 Å². The number of carboxylic acids is 1. The number of unbranched alkanes of at least 4 members (excludes halogenated alkanes) is 1. The molecular weight excluding hydrogens is 348 g/mol. The molecule has 122 valence electrons. The molecule has 0 aromatic heterocycles. The Hall–Kier alpha value is -1.36. The first-order chi connectivity index (χ1) is 10.4. The van der Waals surface area contributed by atoms with Crippen molar-refractivity contribution < 1.29 is 19.4 Å². The molecule has 1 aromatic rings. The highest BCUT2D eigenvalue weighted by molar-refractivity contribution is 9.10. The maximum Gasteiger partial charge on any atom is 0.339 e. The highest BCUT2D eigenvalue weighted by Gasteiger charge is 2.48. The van der Waals surface area contributed by atoms with Gasteiger partial charge in [-0.05, 0) is 37.3 Å². The Labute approximate surface area is 140 Å². The molecule has 5 heteroatoms. The zero-order valence-corrected chi connectivity index (χ0v) is 14.9. The molecule has 2 atom stereocenters. The molecule has 0 saturated heterocycles. The van der Waals surface area contributed by atoms with Gasteiger partial charge in [0, 0.05) is 0 Å². The summed E-state index contributed by atoms with van der Waals surface area (Å²) in [6.45, 7) is 5.71. The normalized spacial score (nSPS) is 14.9. The fourth-order valence-corrected chi connectivity index (χ4v) is 2.34. The summed E-state index contributed by atoms with van der Waals surface area (Å²) in [4.78, 5) is 24.1. The van der Waals surface area contributed by atoms with Crippen LogP contribution >= 0.6 is 15.9 Å². The maximum absolute atomic E-state index is 12.4. The standard InChI is InChI=1S/C17H23BrO4/c1-4-6-8-13-9-7-10-14(11-13)17(18,15(19)20)16(21)22-12(3)5-2/h7,9-12H,4-6,8H2,1-3H3,(H,19,20). The zero-order valence-electron chi connectivity index (χ0n) is 13.3. The zero-order chi connectivity index (χ0) is 16.8. The molecule has 0 aliphatic heterocycles. The van der Waals surface area contributed by atoms with Crippen LogP contribution < -0.4 is 0 Å². The van der Waals surface area contributed by atoms with Crippen LogP contribution in [0.25, 0.3) is 0 Å². The van der Waals surface area contributed by atoms with Crippen LogP contribution in [0, 0.1) is 0 Å². The number of benzene rings is 1. The minimum absolute atomic E-state index is 0.327. The van der Waals surface area contributed by atoms with Crippen LogP contribution in [-0.2, 0) is 25.1 Å². The van der Waals surface area contributed by atoms with E-state index < -0.39 is 16.3 Å². The average Bonchev–Trinajstić information content (AvgIpc) is 2.51. The second kappa shape index (κ2) is 8.32. The van der Waals surface area contributed by atoms with Gasteiger partial charge in [0.2, 0.25) is 4.32 Å². The molecule has 0 saturated carbocycles. The van der Waals surface area contributed by atoms with E-state index in [2.05, 4.69) is 22.9 Å². The smallest absolute Gasteiger partial charge is 0.339 e. The van der Waals surface area contributed by atoms with Crippen molar-refractivity contribution in [3.63, 3.8) is 0 Å². The van der Waals surface area contributed by atoms with Crippen LogP contribution in [0.4, 0.5) is 0 Å². The molecule has 22 heavy (non-hydrogen) atoms. The van der Waals surface area contributed by atoms with E-state index in [0.717, 1.165) is 24.8 Å². The number of hydrogen-bond acceptors (Lipinski definition) is 3. The lowest BCUT2D eigenvalue weighted by Gasteiger charge is -2.24. The molecule has 0 aliphatic rings. The fourth-order valence-electron chi connectivity index (χ4n) is 2.00. The molecule has 4 nitrogen and oxygen atoms in total. The first kappa shape index (κ1) is 18.7. The van der Waals surface area contributed by atoms with Crippen molar-refractivity contribution in [3.8, 4) is 0 Å². The summed E-state index contributed by atoms with van der Waals surface area (Å²) in [5.41, 5.74) is 1.41. The molecule has 1 N–H and O–H groups in total. The van der Waals surface area contributed by atoms with Gasteiger partial charge in [-0.25, -0.2) is 9.59 Å². The first-order valence-corrected chi connectivity index (χ1v) is 8.38. The summed E-state index contributed by atoms with van der Waals surface area (Å²) in [7, 11) is 0. The van der Waals surface area contributed by atoms with Crippen LogP contribution in [0.3, 0.4) is 0 Å². The van der Waals surface area contributed by atoms with Gasteiger partial charge in [0.25, 0.3) is 0 Å². The largest absolute Gasteiger partial charge is 0.480 e. The molecule has 1 rings (SSSR count). The number of aliphatic carboxylic acids is 1. The Morgan fingerprint density at radius 1 is 1.36 bits per heavy atom. The number of carbonyl (C=O) groups is 2. The minimum atomic E-state index is -1.86. The van der Waals surface area contributed by atoms with Crippen molar-refractivity contribution >= 4 is 27.9 Å². The lowest BCUT2D eigenvalue weighted by atomic mass is 9.95. The third-order valence-electron chi connectivity index (χ3n) is 3.60. The molecule has 0 bridgehead atoms. The number of carboxylic acid groups (broad SMARTS) is 1. The summed E-state index contributed by atoms with van der Waals surface area (Å²) >= 11 is 3.11. The van der Waals surface area contributed by atoms with E-state index in [0.29, 0.717) is 12.0 Å². The minimum Gasteiger partial charge on any atom is -0.480 e. The van der Waals surface area contributed by atoms with E-state index in [1.165, 1.54) is 0 Å². The Kier molecular flexibility index (Phi) is 7.07. The monoisotopic (exact) mass is 370 g/mol. The molecule has 0 fully saturated rings. The molecule has 0 radical (unpaired) electrons. The van der Waals surface area contributed by atoms with Crippen molar-refractivity contribution in [1.82, 2.24) is 0 Å². The number of ether oxygens (including phenoxy) is 1. The number of halogens is 1. The van der Waals surface area contributed by atoms with Gasteiger partial charge in [-0.1, -0.05) is 60.5 Å². The Morgan fingerprint density at radius 2 is 2.05 bits per heavy atom. The van der Waals surface area contributed by atoms with Crippen LogP contribution in [0.2, 0.25) is 0 Å². The van der Waals surface area contributed by atoms with E-state index in [1.807, 2.05) is 13.0 Å². The van der Waals surface area contributed by atoms with Crippen molar-refractivity contribution in [2.45, 2.75) is 56.9 Å². The summed E-state index contributed by atoms with van der Waals surface area (Å²) in [5.74, 6) is -2.06. The maximum atomic E-state index is 12.4. The summed E-state index contributed by atoms with van der Waals surface area (Å²) in [5, 5.41) is 9.56. The molecule has 2 unspecified atom stereocenters. The van der Waals surface area contributed by atoms with Crippen molar-refractivity contribution in [1.29, 1.82) is 0 Å². The first-order valence-electron chi connectivity index (χ1n) is 7.59. The summed E-state index contributed by atoms with van der Waals surface area (Å²) in [6.07, 6.45) is 3.23. The molecule has 1 aromatic carbocycles. The van der Waals surface area contributed by atoms with E-state index in [9.17, 15) is 14.7 Å². The number of rotatable bonds is 8. The number of aryl methyl sites for hydroxylation is 1. The van der Waals surface area contributed by atoms with Crippen LogP contribution in [0.15, 0.2) is 24.3 Å². The molecule has 0 spiro atoms. The van der Waals surface area contributed by atoms with Crippen molar-refractivity contribution in [2.24, 2.45) is 0 Å². The Balaban J connectivity index is 3.13. The number of esters is 1. The summed E-state index contributed by atoms with van der Waals surface area (Å²) < 4.78 is 3.37. The highest BCUT2D eigenvalue weighted by atomic mass is 79.9. The van der Waals surface area contributed by atoms with Crippen molar-refractivity contribution in [3.05, 3.63) is 35.4 Å². The average molecular weight is 371 g/mol. The van der Waals surface area contributed by atoms with Gasteiger partial charge in [-0.3, -0.25) is 0 Å². The van der Waals surface area contributed by atoms with E-state index in [4.69, 9.17) is 4.74 Å². The third-order valence-corrected chi connectivity index (χ3v) is 4.72. The summed E-state index contributed by atoms with van der Waals surface area (Å²) in [6, 6.07) is 7.11. The van der Waals surface area contributed by atoms with Crippen LogP contribution in [0.5, 0.6) is 0 Å². The second-order valence-corrected chi connectivity index (χ2v) is 6.58. The van der Waals surface area contributed by atoms with Crippen LogP contribution in [-0.4, -0.2) is 23.1 Å². The lowest BCUT2D eigenvalue weighted by molar-refractivity contribution is -0.159. The number of carbonyl (C=O) groups excluding carboxylic acids is 1. The van der Waals surface area contributed by atoms with Gasteiger partial charge in [0.05, 0.1) is 6.10 Å².